The van der Waals surface area contributed by atoms with Crippen molar-refractivity contribution in [3.05, 3.63) is 47.9 Å². The van der Waals surface area contributed by atoms with Gasteiger partial charge in [-0.1, -0.05) is 19.1 Å². The van der Waals surface area contributed by atoms with Crippen molar-refractivity contribution in [2.45, 2.75) is 38.1 Å². The molecule has 2 aliphatic heterocycles. The Hall–Kier alpha value is -1.83. The fourth-order valence-corrected chi connectivity index (χ4v) is 5.91. The maximum atomic E-state index is 13.2. The van der Waals surface area contributed by atoms with Gasteiger partial charge in [0.15, 0.2) is 0 Å². The number of likely N-dealkylation sites (tertiary alicyclic amines) is 1. The number of fused-ring (bicyclic) bond motifs is 1. The van der Waals surface area contributed by atoms with Gasteiger partial charge in [-0.15, -0.1) is 0 Å². The van der Waals surface area contributed by atoms with Crippen LogP contribution in [0.15, 0.2) is 45.7 Å². The van der Waals surface area contributed by atoms with E-state index >= 15 is 0 Å². The summed E-state index contributed by atoms with van der Waals surface area (Å²) in [5.74, 6) is 2.38. The minimum absolute atomic E-state index is 0.161. The third-order valence-corrected chi connectivity index (χ3v) is 7.92. The zero-order valence-electron chi connectivity index (χ0n) is 16.6. The van der Waals surface area contributed by atoms with Gasteiger partial charge in [-0.2, -0.15) is 4.31 Å². The summed E-state index contributed by atoms with van der Waals surface area (Å²) in [6, 6.07) is 11.0. The first-order chi connectivity index (χ1) is 13.4. The van der Waals surface area contributed by atoms with E-state index in [1.807, 2.05) is 32.0 Å². The van der Waals surface area contributed by atoms with Crippen molar-refractivity contribution in [2.75, 3.05) is 32.8 Å². The van der Waals surface area contributed by atoms with Gasteiger partial charge in [0.1, 0.15) is 22.2 Å². The topological polar surface area (TPSA) is 63.0 Å². The Balaban J connectivity index is 1.53. The van der Waals surface area contributed by atoms with Gasteiger partial charge in [-0.05, 0) is 57.1 Å². The van der Waals surface area contributed by atoms with Gasteiger partial charge in [0.05, 0.1) is 13.2 Å². The van der Waals surface area contributed by atoms with E-state index in [2.05, 4.69) is 4.90 Å². The summed E-state index contributed by atoms with van der Waals surface area (Å²) in [5.41, 5.74) is -0.161. The third kappa shape index (κ3) is 3.71. The zero-order valence-corrected chi connectivity index (χ0v) is 17.4. The maximum Gasteiger partial charge on any atom is 0.246 e. The highest BCUT2D eigenvalue weighted by molar-refractivity contribution is 7.89. The normalized spacial score (nSPS) is 22.2. The van der Waals surface area contributed by atoms with Crippen LogP contribution >= 0.6 is 0 Å². The van der Waals surface area contributed by atoms with Crippen LogP contribution < -0.4 is 4.74 Å². The molecule has 3 heterocycles. The lowest BCUT2D eigenvalue weighted by Crippen LogP contribution is -2.51. The van der Waals surface area contributed by atoms with Gasteiger partial charge in [-0.3, -0.25) is 4.90 Å². The summed E-state index contributed by atoms with van der Waals surface area (Å²) in [6.07, 6.45) is 1.81. The standard InChI is InChI=1S/C21H28N2O4S/c1-3-23-15-21(16-26-19-6-4-5-7-20(19)28(23,24)25)10-12-22(13-11-21)14-18-9-8-17(2)27-18/h4-9H,3,10-16H2,1-2H3. The molecule has 0 amide bonds. The Kier molecular flexibility index (Phi) is 5.24. The number of furan rings is 1. The van der Waals surface area contributed by atoms with E-state index in [0.29, 0.717) is 25.4 Å². The largest absolute Gasteiger partial charge is 0.492 e. The molecule has 1 aromatic heterocycles. The first-order valence-electron chi connectivity index (χ1n) is 9.92. The van der Waals surface area contributed by atoms with E-state index in [4.69, 9.17) is 9.15 Å². The number of aryl methyl sites for hydroxylation is 1. The number of benzene rings is 1. The molecule has 4 rings (SSSR count). The highest BCUT2D eigenvalue weighted by atomic mass is 32.2. The van der Waals surface area contributed by atoms with Crippen LogP contribution in [0.3, 0.4) is 0 Å². The second-order valence-electron chi connectivity index (χ2n) is 7.96. The molecule has 0 aliphatic carbocycles. The minimum Gasteiger partial charge on any atom is -0.492 e. The van der Waals surface area contributed by atoms with Crippen LogP contribution in [0.4, 0.5) is 0 Å². The number of para-hydroxylation sites is 1. The lowest BCUT2D eigenvalue weighted by Gasteiger charge is -2.44. The molecule has 1 fully saturated rings. The van der Waals surface area contributed by atoms with Gasteiger partial charge < -0.3 is 9.15 Å². The predicted molar refractivity (Wildman–Crippen MR) is 107 cm³/mol. The van der Waals surface area contributed by atoms with Crippen molar-refractivity contribution in [3.63, 3.8) is 0 Å². The SMILES string of the molecule is CCN1CC2(CCN(Cc3ccc(C)o3)CC2)COc2ccccc2S1(=O)=O. The summed E-state index contributed by atoms with van der Waals surface area (Å²) >= 11 is 0. The van der Waals surface area contributed by atoms with Crippen molar-refractivity contribution >= 4 is 10.0 Å². The van der Waals surface area contributed by atoms with Gasteiger partial charge >= 0.3 is 0 Å². The van der Waals surface area contributed by atoms with E-state index in [-0.39, 0.29) is 10.3 Å². The molecule has 0 atom stereocenters. The number of sulfonamides is 1. The average Bonchev–Trinajstić information content (AvgIpc) is 3.10. The molecular formula is C21H28N2O4S. The van der Waals surface area contributed by atoms with E-state index in [0.717, 1.165) is 44.0 Å². The molecule has 1 saturated heterocycles. The van der Waals surface area contributed by atoms with Gasteiger partial charge in [0.2, 0.25) is 10.0 Å². The van der Waals surface area contributed by atoms with Crippen LogP contribution in [-0.4, -0.2) is 50.4 Å². The molecule has 1 aromatic carbocycles. The van der Waals surface area contributed by atoms with Gasteiger partial charge in [-0.25, -0.2) is 8.42 Å². The van der Waals surface area contributed by atoms with Crippen LogP contribution in [0.25, 0.3) is 0 Å². The van der Waals surface area contributed by atoms with Crippen molar-refractivity contribution < 1.29 is 17.6 Å². The van der Waals surface area contributed by atoms with Gasteiger partial charge in [0, 0.05) is 18.5 Å². The molecular weight excluding hydrogens is 376 g/mol. The average molecular weight is 405 g/mol. The smallest absolute Gasteiger partial charge is 0.246 e. The van der Waals surface area contributed by atoms with E-state index in [1.165, 1.54) is 0 Å². The Morgan fingerprint density at radius 3 is 2.54 bits per heavy atom. The van der Waals surface area contributed by atoms with Crippen molar-refractivity contribution in [2.24, 2.45) is 5.41 Å². The summed E-state index contributed by atoms with van der Waals surface area (Å²) in [4.78, 5) is 2.65. The Bertz CT molecular complexity index is 929. The highest BCUT2D eigenvalue weighted by Gasteiger charge is 2.42. The zero-order chi connectivity index (χ0) is 19.8. The number of piperidine rings is 1. The molecule has 152 valence electrons. The molecule has 1 spiro atoms. The summed E-state index contributed by atoms with van der Waals surface area (Å²) < 4.78 is 39.7. The Morgan fingerprint density at radius 2 is 1.86 bits per heavy atom. The Labute approximate surface area is 167 Å². The number of hydrogen-bond acceptors (Lipinski definition) is 5. The first kappa shape index (κ1) is 19.5. The molecule has 0 bridgehead atoms. The third-order valence-electron chi connectivity index (χ3n) is 5.96. The second-order valence-corrected chi connectivity index (χ2v) is 9.86. The minimum atomic E-state index is -3.55. The fraction of sp³-hybridized carbons (Fsp3) is 0.524. The molecule has 2 aliphatic rings. The maximum absolute atomic E-state index is 13.2. The highest BCUT2D eigenvalue weighted by Crippen LogP contribution is 2.39. The van der Waals surface area contributed by atoms with E-state index < -0.39 is 10.0 Å². The Morgan fingerprint density at radius 1 is 1.11 bits per heavy atom. The lowest BCUT2D eigenvalue weighted by molar-refractivity contribution is 0.0312. The molecule has 0 N–H and O–H groups in total. The molecule has 7 heteroatoms. The number of nitrogens with zero attached hydrogens (tertiary/aromatic N) is 2. The molecule has 0 saturated carbocycles. The second kappa shape index (κ2) is 7.54. The molecule has 28 heavy (non-hydrogen) atoms. The quantitative estimate of drug-likeness (QED) is 0.786. The van der Waals surface area contributed by atoms with Crippen molar-refractivity contribution in [1.82, 2.24) is 9.21 Å². The van der Waals surface area contributed by atoms with E-state index in [1.54, 1.807) is 22.5 Å². The lowest BCUT2D eigenvalue weighted by atomic mass is 9.78. The predicted octanol–water partition coefficient (Wildman–Crippen LogP) is 3.27. The summed E-state index contributed by atoms with van der Waals surface area (Å²) in [7, 11) is -3.55. The number of rotatable bonds is 3. The van der Waals surface area contributed by atoms with Crippen LogP contribution in [0.5, 0.6) is 5.75 Å². The summed E-state index contributed by atoms with van der Waals surface area (Å²) in [5, 5.41) is 0. The van der Waals surface area contributed by atoms with Crippen LogP contribution in [0.1, 0.15) is 31.3 Å². The molecule has 0 unspecified atom stereocenters. The number of ether oxygens (including phenoxy) is 1. The van der Waals surface area contributed by atoms with E-state index in [9.17, 15) is 8.42 Å². The fourth-order valence-electron chi connectivity index (χ4n) is 4.22. The first-order valence-corrected chi connectivity index (χ1v) is 11.4. The molecule has 6 nitrogen and oxygen atoms in total. The van der Waals surface area contributed by atoms with Crippen LogP contribution in [0, 0.1) is 12.3 Å². The van der Waals surface area contributed by atoms with Crippen LogP contribution in [-0.2, 0) is 16.6 Å². The van der Waals surface area contributed by atoms with Crippen molar-refractivity contribution in [3.8, 4) is 5.75 Å². The monoisotopic (exact) mass is 404 g/mol. The molecule has 2 aromatic rings. The van der Waals surface area contributed by atoms with Gasteiger partial charge in [0.25, 0.3) is 0 Å². The summed E-state index contributed by atoms with van der Waals surface area (Å²) in [6.45, 7) is 7.99. The van der Waals surface area contributed by atoms with Crippen molar-refractivity contribution in [1.29, 1.82) is 0 Å². The van der Waals surface area contributed by atoms with Crippen LogP contribution in [0.2, 0.25) is 0 Å². The number of hydrogen-bond donors (Lipinski definition) is 0. The molecule has 0 radical (unpaired) electrons.